The summed E-state index contributed by atoms with van der Waals surface area (Å²) in [6.45, 7) is 6.77. The zero-order valence-corrected chi connectivity index (χ0v) is 23.9. The second-order valence-corrected chi connectivity index (χ2v) is 9.47. The van der Waals surface area contributed by atoms with E-state index >= 15 is 0 Å². The van der Waals surface area contributed by atoms with Gasteiger partial charge in [0.05, 0.1) is 6.61 Å². The smallest absolute Gasteiger partial charge is 0.259 e. The summed E-state index contributed by atoms with van der Waals surface area (Å²) in [5.41, 5.74) is 0.589. The molecule has 1 aromatic heterocycles. The van der Waals surface area contributed by atoms with Crippen LogP contribution < -0.4 is 22.3 Å². The van der Waals surface area contributed by atoms with Gasteiger partial charge in [0.15, 0.2) is 12.4 Å². The summed E-state index contributed by atoms with van der Waals surface area (Å²) in [7, 11) is 0. The van der Waals surface area contributed by atoms with Gasteiger partial charge in [0.25, 0.3) is 12.6 Å². The number of ether oxygens (including phenoxy) is 3. The molecule has 0 unspecified atom stereocenters. The predicted molar refractivity (Wildman–Crippen MR) is 142 cm³/mol. The first-order valence-corrected chi connectivity index (χ1v) is 14.3. The second kappa shape index (κ2) is 26.8. The Hall–Kier alpha value is -1.21. The lowest BCUT2D eigenvalue weighted by Gasteiger charge is -2.07. The van der Waals surface area contributed by atoms with Gasteiger partial charge in [-0.2, -0.15) is 4.57 Å². The molecule has 1 rings (SSSR count). The first-order valence-electron chi connectivity index (χ1n) is 14.3. The molecule has 0 radical (unpaired) electrons. The zero-order valence-electron chi connectivity index (χ0n) is 23.1. The number of carbonyl (C=O) groups is 1. The third kappa shape index (κ3) is 20.9. The van der Waals surface area contributed by atoms with Gasteiger partial charge in [-0.05, 0) is 18.9 Å². The molecule has 0 saturated carbocycles. The second-order valence-electron chi connectivity index (χ2n) is 9.47. The Kier molecular flexibility index (Phi) is 25.9. The summed E-state index contributed by atoms with van der Waals surface area (Å²) in [6, 6.07) is 3.66. The monoisotopic (exact) mass is 528 g/mol. The van der Waals surface area contributed by atoms with Gasteiger partial charge in [-0.25, -0.2) is 0 Å². The molecule has 7 heteroatoms. The minimum atomic E-state index is -0.162. The Morgan fingerprint density at radius 2 is 1.28 bits per heavy atom. The standard InChI is InChI=1S/C29H52N2O4.ClH/c1-3-5-7-9-11-13-15-17-22-33-26-31-21-19-20-28(24-31)29(32)30-25-35-27-34-23-18-16-14-12-10-8-6-4-2;/h19-21,24H,3-18,22-23,25-27H2,1-2H3;1H. The topological polar surface area (TPSA) is 60.7 Å². The molecule has 0 aliphatic heterocycles. The van der Waals surface area contributed by atoms with Crippen molar-refractivity contribution in [2.45, 2.75) is 123 Å². The average Bonchev–Trinajstić information content (AvgIpc) is 2.88. The Labute approximate surface area is 227 Å². The van der Waals surface area contributed by atoms with Crippen LogP contribution in [0.15, 0.2) is 24.5 Å². The highest BCUT2D eigenvalue weighted by Gasteiger charge is 2.10. The highest BCUT2D eigenvalue weighted by Crippen LogP contribution is 2.09. The Bertz CT molecular complexity index is 619. The average molecular weight is 529 g/mol. The number of unbranched alkanes of at least 4 members (excludes halogenated alkanes) is 14. The number of carbonyl (C=O) groups excluding carboxylic acids is 1. The molecule has 1 N–H and O–H groups in total. The highest BCUT2D eigenvalue weighted by molar-refractivity contribution is 5.93. The van der Waals surface area contributed by atoms with Crippen molar-refractivity contribution in [2.24, 2.45) is 0 Å². The summed E-state index contributed by atoms with van der Waals surface area (Å²) in [4.78, 5) is 12.4. The van der Waals surface area contributed by atoms with E-state index in [0.717, 1.165) is 19.4 Å². The van der Waals surface area contributed by atoms with E-state index in [0.29, 0.717) is 18.9 Å². The van der Waals surface area contributed by atoms with Crippen LogP contribution in [0.25, 0.3) is 0 Å². The van der Waals surface area contributed by atoms with Crippen LogP contribution in [0.3, 0.4) is 0 Å². The largest absolute Gasteiger partial charge is 1.00 e. The summed E-state index contributed by atoms with van der Waals surface area (Å²) in [6.07, 6.45) is 24.3. The molecule has 0 aromatic carbocycles. The molecule has 0 aliphatic rings. The molecule has 210 valence electrons. The van der Waals surface area contributed by atoms with Crippen LogP contribution in [-0.2, 0) is 20.9 Å². The van der Waals surface area contributed by atoms with E-state index in [1.54, 1.807) is 6.07 Å². The number of nitrogens with one attached hydrogen (secondary N) is 1. The van der Waals surface area contributed by atoms with Crippen LogP contribution >= 0.6 is 0 Å². The summed E-state index contributed by atoms with van der Waals surface area (Å²) >= 11 is 0. The molecule has 0 atom stereocenters. The van der Waals surface area contributed by atoms with Crippen LogP contribution in [0, 0.1) is 0 Å². The number of halogens is 1. The van der Waals surface area contributed by atoms with Crippen molar-refractivity contribution in [3.05, 3.63) is 30.1 Å². The maximum atomic E-state index is 12.4. The van der Waals surface area contributed by atoms with E-state index in [9.17, 15) is 4.79 Å². The quantitative estimate of drug-likeness (QED) is 0.119. The molecule has 0 aliphatic carbocycles. The molecule has 1 heterocycles. The Morgan fingerprint density at radius 3 is 1.86 bits per heavy atom. The van der Waals surface area contributed by atoms with E-state index in [1.807, 2.05) is 23.0 Å². The van der Waals surface area contributed by atoms with Crippen LogP contribution in [-0.4, -0.2) is 32.6 Å². The first kappa shape index (κ1) is 34.8. The predicted octanol–water partition coefficient (Wildman–Crippen LogP) is 3.91. The van der Waals surface area contributed by atoms with Crippen molar-refractivity contribution in [3.8, 4) is 0 Å². The molecule has 0 bridgehead atoms. The fourth-order valence-corrected chi connectivity index (χ4v) is 3.96. The van der Waals surface area contributed by atoms with Crippen molar-refractivity contribution in [3.63, 3.8) is 0 Å². The lowest BCUT2D eigenvalue weighted by molar-refractivity contribution is -0.732. The van der Waals surface area contributed by atoms with Crippen molar-refractivity contribution < 1.29 is 36.0 Å². The lowest BCUT2D eigenvalue weighted by atomic mass is 10.1. The van der Waals surface area contributed by atoms with Crippen LogP contribution in [0.1, 0.15) is 127 Å². The van der Waals surface area contributed by atoms with Gasteiger partial charge in [0.1, 0.15) is 19.1 Å². The van der Waals surface area contributed by atoms with Crippen LogP contribution in [0.4, 0.5) is 0 Å². The van der Waals surface area contributed by atoms with Gasteiger partial charge < -0.3 is 31.9 Å². The summed E-state index contributed by atoms with van der Waals surface area (Å²) in [5, 5.41) is 2.77. The third-order valence-corrected chi connectivity index (χ3v) is 6.15. The summed E-state index contributed by atoms with van der Waals surface area (Å²) in [5.74, 6) is -0.162. The molecular formula is C29H53ClN2O4. The lowest BCUT2D eigenvalue weighted by Crippen LogP contribution is -3.00. The molecule has 1 amide bonds. The molecule has 0 fully saturated rings. The Balaban J connectivity index is 0.0000122. The maximum Gasteiger partial charge on any atom is 0.259 e. The molecule has 0 spiro atoms. The number of hydrogen-bond acceptors (Lipinski definition) is 4. The Morgan fingerprint density at radius 1 is 0.750 bits per heavy atom. The molecular weight excluding hydrogens is 476 g/mol. The summed E-state index contributed by atoms with van der Waals surface area (Å²) < 4.78 is 18.5. The highest BCUT2D eigenvalue weighted by atomic mass is 35.5. The van der Waals surface area contributed by atoms with E-state index < -0.39 is 0 Å². The van der Waals surface area contributed by atoms with E-state index in [1.165, 1.54) is 89.9 Å². The van der Waals surface area contributed by atoms with Gasteiger partial charge in [-0.3, -0.25) is 4.79 Å². The fourth-order valence-electron chi connectivity index (χ4n) is 3.96. The molecule has 0 saturated heterocycles. The molecule has 36 heavy (non-hydrogen) atoms. The van der Waals surface area contributed by atoms with Gasteiger partial charge in [-0.1, -0.05) is 104 Å². The van der Waals surface area contributed by atoms with Crippen LogP contribution in [0.5, 0.6) is 0 Å². The minimum absolute atomic E-state index is 0. The van der Waals surface area contributed by atoms with Crippen molar-refractivity contribution in [1.29, 1.82) is 0 Å². The molecule has 1 aromatic rings. The first-order chi connectivity index (χ1) is 17.3. The number of hydrogen-bond donors (Lipinski definition) is 1. The van der Waals surface area contributed by atoms with Gasteiger partial charge in [-0.15, -0.1) is 0 Å². The maximum absolute atomic E-state index is 12.4. The van der Waals surface area contributed by atoms with E-state index in [-0.39, 0.29) is 31.8 Å². The normalized spacial score (nSPS) is 10.8. The van der Waals surface area contributed by atoms with Crippen LogP contribution in [0.2, 0.25) is 0 Å². The van der Waals surface area contributed by atoms with E-state index in [2.05, 4.69) is 19.2 Å². The molecule has 6 nitrogen and oxygen atoms in total. The van der Waals surface area contributed by atoms with E-state index in [4.69, 9.17) is 14.2 Å². The fraction of sp³-hybridized carbons (Fsp3) is 0.793. The number of rotatable bonds is 25. The van der Waals surface area contributed by atoms with Crippen molar-refractivity contribution >= 4 is 5.91 Å². The van der Waals surface area contributed by atoms with Gasteiger partial charge in [0.2, 0.25) is 0 Å². The number of pyridine rings is 1. The minimum Gasteiger partial charge on any atom is -1.00 e. The number of nitrogens with zero attached hydrogens (tertiary/aromatic N) is 1. The number of amides is 1. The van der Waals surface area contributed by atoms with Crippen molar-refractivity contribution in [1.82, 2.24) is 5.32 Å². The number of aromatic nitrogens is 1. The van der Waals surface area contributed by atoms with Gasteiger partial charge in [0, 0.05) is 12.7 Å². The third-order valence-electron chi connectivity index (χ3n) is 6.15. The van der Waals surface area contributed by atoms with Gasteiger partial charge >= 0.3 is 0 Å². The zero-order chi connectivity index (χ0) is 25.2. The van der Waals surface area contributed by atoms with Crippen molar-refractivity contribution in [2.75, 3.05) is 26.7 Å². The SMILES string of the molecule is CCCCCCCCCCOCOCNC(=O)c1ccc[n+](COCCCCCCCCCC)c1.[Cl-].